The second kappa shape index (κ2) is 25.1. The lowest BCUT2D eigenvalue weighted by atomic mass is 9.92. The van der Waals surface area contributed by atoms with E-state index in [-0.39, 0.29) is 0 Å². The van der Waals surface area contributed by atoms with Gasteiger partial charge in [-0.15, -0.1) is 0 Å². The van der Waals surface area contributed by atoms with E-state index in [4.69, 9.17) is 0 Å². The summed E-state index contributed by atoms with van der Waals surface area (Å²) >= 11 is 0. The molecule has 0 fully saturated rings. The van der Waals surface area contributed by atoms with Gasteiger partial charge in [-0.2, -0.15) is 0 Å². The quantitative estimate of drug-likeness (QED) is 0.0561. The van der Waals surface area contributed by atoms with Crippen molar-refractivity contribution >= 4 is 17.7 Å². The van der Waals surface area contributed by atoms with Crippen molar-refractivity contribution in [2.45, 2.75) is 149 Å². The Morgan fingerprint density at radius 1 is 0.650 bits per heavy atom. The molecule has 0 aliphatic carbocycles. The lowest BCUT2D eigenvalue weighted by molar-refractivity contribution is -0.107. The van der Waals surface area contributed by atoms with Gasteiger partial charge in [0.25, 0.3) is 10.9 Å². The molecular formula is C34H63N3O3. The monoisotopic (exact) mass is 561 g/mol. The number of hydrogen-bond donors (Lipinski definition) is 2. The Hall–Kier alpha value is -1.69. The first-order chi connectivity index (χ1) is 19.6. The van der Waals surface area contributed by atoms with Gasteiger partial charge < -0.3 is 20.3 Å². The van der Waals surface area contributed by atoms with E-state index < -0.39 is 10.9 Å². The van der Waals surface area contributed by atoms with Gasteiger partial charge in [-0.05, 0) is 51.2 Å². The molecule has 1 aromatic carbocycles. The second-order valence-corrected chi connectivity index (χ2v) is 11.9. The van der Waals surface area contributed by atoms with E-state index in [2.05, 4.69) is 29.4 Å². The highest BCUT2D eigenvalue weighted by molar-refractivity contribution is 5.73. The molecule has 6 nitrogen and oxygen atoms in total. The van der Waals surface area contributed by atoms with Crippen LogP contribution < -0.4 is 21.5 Å². The second-order valence-electron chi connectivity index (χ2n) is 11.9. The van der Waals surface area contributed by atoms with E-state index in [0.717, 1.165) is 51.1 Å². The average molecular weight is 562 g/mol. The number of aldehydes is 1. The van der Waals surface area contributed by atoms with Crippen LogP contribution in [0.15, 0.2) is 9.59 Å². The fourth-order valence-electron chi connectivity index (χ4n) is 5.81. The summed E-state index contributed by atoms with van der Waals surface area (Å²) in [6.45, 7) is 8.64. The van der Waals surface area contributed by atoms with E-state index in [1.165, 1.54) is 109 Å². The van der Waals surface area contributed by atoms with E-state index >= 15 is 0 Å². The van der Waals surface area contributed by atoms with Gasteiger partial charge in [-0.25, -0.2) is 0 Å². The van der Waals surface area contributed by atoms with Crippen molar-refractivity contribution in [1.82, 2.24) is 4.90 Å². The fourth-order valence-corrected chi connectivity index (χ4v) is 5.81. The lowest BCUT2D eigenvalue weighted by Gasteiger charge is -2.23. The predicted molar refractivity (Wildman–Crippen MR) is 174 cm³/mol. The Morgan fingerprint density at radius 3 is 1.70 bits per heavy atom. The van der Waals surface area contributed by atoms with Gasteiger partial charge in [0, 0.05) is 20.0 Å². The zero-order valence-electron chi connectivity index (χ0n) is 26.5. The zero-order valence-corrected chi connectivity index (χ0v) is 26.5. The summed E-state index contributed by atoms with van der Waals surface area (Å²) in [6, 6.07) is 0. The van der Waals surface area contributed by atoms with Gasteiger partial charge in [0.15, 0.2) is 0 Å². The number of nitrogens with zero attached hydrogens (tertiary/aromatic N) is 1. The Morgan fingerprint density at radius 2 is 1.15 bits per heavy atom. The van der Waals surface area contributed by atoms with Crippen LogP contribution in [0.1, 0.15) is 149 Å². The normalized spacial score (nSPS) is 12.3. The molecular weight excluding hydrogens is 498 g/mol. The minimum absolute atomic E-state index is 0.400. The molecule has 0 saturated heterocycles. The molecule has 0 saturated carbocycles. The molecule has 232 valence electrons. The molecule has 0 radical (unpaired) electrons. The summed E-state index contributed by atoms with van der Waals surface area (Å²) < 4.78 is 0. The molecule has 0 aliphatic rings. The molecule has 0 bridgehead atoms. The van der Waals surface area contributed by atoms with Crippen molar-refractivity contribution in [2.24, 2.45) is 5.92 Å². The van der Waals surface area contributed by atoms with E-state index in [1.807, 2.05) is 0 Å². The molecule has 2 N–H and O–H groups in total. The number of carbonyl (C=O) groups excluding carboxylic acids is 1. The van der Waals surface area contributed by atoms with Crippen LogP contribution in [0.5, 0.6) is 0 Å². The number of anilines is 2. The van der Waals surface area contributed by atoms with Gasteiger partial charge >= 0.3 is 0 Å². The van der Waals surface area contributed by atoms with Gasteiger partial charge in [0.2, 0.25) is 0 Å². The maximum absolute atomic E-state index is 11.8. The van der Waals surface area contributed by atoms with E-state index in [1.54, 1.807) is 7.05 Å². The van der Waals surface area contributed by atoms with Crippen LogP contribution in [0.3, 0.4) is 0 Å². The van der Waals surface area contributed by atoms with Crippen LogP contribution in [-0.2, 0) is 4.79 Å². The lowest BCUT2D eigenvalue weighted by Crippen LogP contribution is -2.37. The molecule has 1 rings (SSSR count). The summed E-state index contributed by atoms with van der Waals surface area (Å²) in [5, 5.41) is 6.00. The summed E-state index contributed by atoms with van der Waals surface area (Å²) in [7, 11) is 1.68. The van der Waals surface area contributed by atoms with Crippen LogP contribution in [0.4, 0.5) is 11.4 Å². The van der Waals surface area contributed by atoms with E-state index in [0.29, 0.717) is 24.3 Å². The molecule has 0 amide bonds. The van der Waals surface area contributed by atoms with Crippen molar-refractivity contribution < 1.29 is 4.79 Å². The van der Waals surface area contributed by atoms with Crippen LogP contribution in [0, 0.1) is 5.92 Å². The van der Waals surface area contributed by atoms with Crippen molar-refractivity contribution in [1.29, 1.82) is 0 Å². The Balaban J connectivity index is 2.24. The summed E-state index contributed by atoms with van der Waals surface area (Å²) in [5.41, 5.74) is 0.0574. The molecule has 40 heavy (non-hydrogen) atoms. The third kappa shape index (κ3) is 16.5. The first kappa shape index (κ1) is 36.3. The first-order valence-electron chi connectivity index (χ1n) is 17.0. The summed E-state index contributed by atoms with van der Waals surface area (Å²) in [4.78, 5) is 36.4. The average Bonchev–Trinajstić information content (AvgIpc) is 2.97. The number of carbonyl (C=O) groups is 1. The fraction of sp³-hybridized carbons (Fsp3) is 0.853. The third-order valence-corrected chi connectivity index (χ3v) is 8.54. The SMILES string of the molecule is CCCCCCCCC(CC)CCCCCCCN(CCCCCCCC=O)CCCNc1c(NC)c(=O)c1=O. The Bertz CT molecular complexity index is 803. The van der Waals surface area contributed by atoms with Gasteiger partial charge in [-0.1, -0.05) is 117 Å². The van der Waals surface area contributed by atoms with Gasteiger partial charge in [-0.3, -0.25) is 9.59 Å². The van der Waals surface area contributed by atoms with Crippen molar-refractivity contribution in [3.05, 3.63) is 20.4 Å². The van der Waals surface area contributed by atoms with Crippen LogP contribution in [0.25, 0.3) is 0 Å². The zero-order chi connectivity index (χ0) is 29.3. The smallest absolute Gasteiger partial charge is 0.253 e. The third-order valence-electron chi connectivity index (χ3n) is 8.54. The largest absolute Gasteiger partial charge is 0.383 e. The maximum Gasteiger partial charge on any atom is 0.253 e. The molecule has 1 unspecified atom stereocenters. The summed E-state index contributed by atoms with van der Waals surface area (Å²) in [6.07, 6.45) is 27.8. The standard InChI is InChI=1S/C34H63N3O3/c1-4-6-7-8-12-17-23-30(5-2)24-18-13-11-15-20-27-37(26-19-14-9-10-16-21-29-38)28-22-25-36-32-31(35-3)33(39)34(32)40/h29-30,35-36H,4-28H2,1-3H3. The highest BCUT2D eigenvalue weighted by Crippen LogP contribution is 2.21. The van der Waals surface area contributed by atoms with Crippen LogP contribution >= 0.6 is 0 Å². The molecule has 6 heteroatoms. The van der Waals surface area contributed by atoms with Crippen LogP contribution in [0.2, 0.25) is 0 Å². The molecule has 0 spiro atoms. The number of hydrogen-bond acceptors (Lipinski definition) is 6. The number of unbranched alkanes of at least 4 members (excludes halogenated alkanes) is 14. The van der Waals surface area contributed by atoms with Crippen LogP contribution in [-0.4, -0.2) is 44.4 Å². The molecule has 0 aliphatic heterocycles. The minimum Gasteiger partial charge on any atom is -0.383 e. The number of nitrogens with one attached hydrogen (secondary N) is 2. The molecule has 0 heterocycles. The maximum atomic E-state index is 11.8. The molecule has 1 atom stereocenters. The highest BCUT2D eigenvalue weighted by atomic mass is 16.2. The van der Waals surface area contributed by atoms with Gasteiger partial charge in [0.05, 0.1) is 0 Å². The van der Waals surface area contributed by atoms with E-state index in [9.17, 15) is 14.4 Å². The number of rotatable bonds is 30. The van der Waals surface area contributed by atoms with Gasteiger partial charge in [0.1, 0.15) is 17.7 Å². The molecule has 0 aromatic heterocycles. The Kier molecular flexibility index (Phi) is 22.8. The minimum atomic E-state index is -0.414. The topological polar surface area (TPSA) is 78.5 Å². The highest BCUT2D eigenvalue weighted by Gasteiger charge is 2.18. The Labute approximate surface area is 246 Å². The predicted octanol–water partition coefficient (Wildman–Crippen LogP) is 8.09. The first-order valence-corrected chi connectivity index (χ1v) is 17.0. The van der Waals surface area contributed by atoms with Crippen molar-refractivity contribution in [3.8, 4) is 0 Å². The summed E-state index contributed by atoms with van der Waals surface area (Å²) in [5.74, 6) is 0.932. The van der Waals surface area contributed by atoms with Crippen molar-refractivity contribution in [3.63, 3.8) is 0 Å². The molecule has 1 aromatic rings. The van der Waals surface area contributed by atoms with Crippen molar-refractivity contribution in [2.75, 3.05) is 43.9 Å².